The van der Waals surface area contributed by atoms with Gasteiger partial charge in [0.15, 0.2) is 0 Å². The Morgan fingerprint density at radius 3 is 2.58 bits per heavy atom. The molecule has 0 aromatic heterocycles. The molecule has 0 fully saturated rings. The summed E-state index contributed by atoms with van der Waals surface area (Å²) in [6, 6.07) is 0.188. The van der Waals surface area contributed by atoms with Gasteiger partial charge in [-0.15, -0.1) is 0 Å². The molecule has 0 amide bonds. The molecule has 0 aromatic rings. The highest BCUT2D eigenvalue weighted by Gasteiger charge is 2.18. The molecule has 0 saturated carbocycles. The first-order valence-corrected chi connectivity index (χ1v) is 4.07. The largest absolute Gasteiger partial charge is 0.393 e. The molecule has 0 rings (SSSR count). The van der Waals surface area contributed by atoms with Crippen LogP contribution in [0, 0.1) is 0 Å². The van der Waals surface area contributed by atoms with Crippen LogP contribution in [0.1, 0.15) is 13.8 Å². The number of hydrogen-bond acceptors (Lipinski definition) is 4. The summed E-state index contributed by atoms with van der Waals surface area (Å²) in [4.78, 5) is 0. The van der Waals surface area contributed by atoms with E-state index in [0.29, 0.717) is 13.2 Å². The van der Waals surface area contributed by atoms with Crippen LogP contribution in [0.25, 0.3) is 0 Å². The molecule has 0 aliphatic heterocycles. The summed E-state index contributed by atoms with van der Waals surface area (Å²) >= 11 is 0. The first kappa shape index (κ1) is 11.8. The maximum absolute atomic E-state index is 9.39. The molecule has 0 bridgehead atoms. The summed E-state index contributed by atoms with van der Waals surface area (Å²) in [6.07, 6.45) is 0. The SMILES string of the molecule is COCC(C)NCC(C)(O)CO. The molecule has 4 nitrogen and oxygen atoms in total. The van der Waals surface area contributed by atoms with E-state index in [4.69, 9.17) is 9.84 Å². The van der Waals surface area contributed by atoms with E-state index in [1.54, 1.807) is 14.0 Å². The van der Waals surface area contributed by atoms with E-state index >= 15 is 0 Å². The van der Waals surface area contributed by atoms with Gasteiger partial charge < -0.3 is 20.3 Å². The zero-order valence-electron chi connectivity index (χ0n) is 8.00. The van der Waals surface area contributed by atoms with E-state index < -0.39 is 5.60 Å². The lowest BCUT2D eigenvalue weighted by Crippen LogP contribution is -2.45. The van der Waals surface area contributed by atoms with Gasteiger partial charge in [0, 0.05) is 19.7 Å². The van der Waals surface area contributed by atoms with Crippen molar-refractivity contribution < 1.29 is 14.9 Å². The van der Waals surface area contributed by atoms with Gasteiger partial charge in [0.1, 0.15) is 0 Å². The van der Waals surface area contributed by atoms with E-state index in [9.17, 15) is 5.11 Å². The Labute approximate surface area is 73.5 Å². The average molecular weight is 177 g/mol. The Morgan fingerprint density at radius 2 is 2.17 bits per heavy atom. The molecule has 12 heavy (non-hydrogen) atoms. The summed E-state index contributed by atoms with van der Waals surface area (Å²) in [5.41, 5.74) is -1.04. The van der Waals surface area contributed by atoms with Gasteiger partial charge in [-0.25, -0.2) is 0 Å². The fourth-order valence-corrected chi connectivity index (χ4v) is 0.759. The van der Waals surface area contributed by atoms with Crippen molar-refractivity contribution in [2.24, 2.45) is 0 Å². The van der Waals surface area contributed by atoms with Crippen molar-refractivity contribution in [1.29, 1.82) is 0 Å². The fraction of sp³-hybridized carbons (Fsp3) is 1.00. The predicted octanol–water partition coefficient (Wildman–Crippen LogP) is -0.646. The molecular weight excluding hydrogens is 158 g/mol. The van der Waals surface area contributed by atoms with Crippen molar-refractivity contribution in [3.8, 4) is 0 Å². The minimum absolute atomic E-state index is 0.188. The van der Waals surface area contributed by atoms with Crippen molar-refractivity contribution in [3.63, 3.8) is 0 Å². The van der Waals surface area contributed by atoms with Crippen LogP contribution in [0.5, 0.6) is 0 Å². The minimum atomic E-state index is -1.04. The van der Waals surface area contributed by atoms with Crippen molar-refractivity contribution in [2.75, 3.05) is 26.9 Å². The van der Waals surface area contributed by atoms with Gasteiger partial charge in [0.05, 0.1) is 18.8 Å². The van der Waals surface area contributed by atoms with E-state index in [1.165, 1.54) is 0 Å². The molecule has 0 aromatic carbocycles. The summed E-state index contributed by atoms with van der Waals surface area (Å²) in [5.74, 6) is 0. The third-order valence-corrected chi connectivity index (χ3v) is 1.59. The van der Waals surface area contributed by atoms with Crippen LogP contribution in [0.2, 0.25) is 0 Å². The highest BCUT2D eigenvalue weighted by Crippen LogP contribution is 1.99. The maximum atomic E-state index is 9.39. The molecule has 0 aliphatic carbocycles. The van der Waals surface area contributed by atoms with Gasteiger partial charge in [-0.1, -0.05) is 0 Å². The minimum Gasteiger partial charge on any atom is -0.393 e. The first-order valence-electron chi connectivity index (χ1n) is 4.07. The molecule has 2 atom stereocenters. The van der Waals surface area contributed by atoms with Crippen LogP contribution in [0.4, 0.5) is 0 Å². The number of rotatable bonds is 6. The number of hydrogen-bond donors (Lipinski definition) is 3. The second-order valence-electron chi connectivity index (χ2n) is 3.39. The van der Waals surface area contributed by atoms with Crippen molar-refractivity contribution in [2.45, 2.75) is 25.5 Å². The second-order valence-corrected chi connectivity index (χ2v) is 3.39. The standard InChI is InChI=1S/C8H19NO3/c1-7(4-12-3)9-5-8(2,11)6-10/h7,9-11H,4-6H2,1-3H3. The van der Waals surface area contributed by atoms with Crippen LogP contribution < -0.4 is 5.32 Å². The lowest BCUT2D eigenvalue weighted by atomic mass is 10.1. The second kappa shape index (κ2) is 5.48. The molecule has 2 unspecified atom stereocenters. The van der Waals surface area contributed by atoms with E-state index in [1.807, 2.05) is 6.92 Å². The van der Waals surface area contributed by atoms with Crippen LogP contribution >= 0.6 is 0 Å². The van der Waals surface area contributed by atoms with E-state index in [2.05, 4.69) is 5.32 Å². The molecule has 0 spiro atoms. The Hall–Kier alpha value is -0.160. The number of nitrogens with one attached hydrogen (secondary N) is 1. The topological polar surface area (TPSA) is 61.7 Å². The van der Waals surface area contributed by atoms with Crippen molar-refractivity contribution in [1.82, 2.24) is 5.32 Å². The predicted molar refractivity (Wildman–Crippen MR) is 47.1 cm³/mol. The molecular formula is C8H19NO3. The number of methoxy groups -OCH3 is 1. The van der Waals surface area contributed by atoms with Gasteiger partial charge in [0.25, 0.3) is 0 Å². The van der Waals surface area contributed by atoms with Crippen LogP contribution in [-0.4, -0.2) is 48.7 Å². The van der Waals surface area contributed by atoms with Crippen LogP contribution in [0.3, 0.4) is 0 Å². The van der Waals surface area contributed by atoms with Crippen molar-refractivity contribution >= 4 is 0 Å². The van der Waals surface area contributed by atoms with Gasteiger partial charge in [0.2, 0.25) is 0 Å². The van der Waals surface area contributed by atoms with Crippen LogP contribution in [0.15, 0.2) is 0 Å². The molecule has 3 N–H and O–H groups in total. The first-order chi connectivity index (χ1) is 5.52. The molecule has 0 radical (unpaired) electrons. The normalized spacial score (nSPS) is 18.8. The molecule has 0 saturated heterocycles. The number of aliphatic hydroxyl groups excluding tert-OH is 1. The van der Waals surface area contributed by atoms with Gasteiger partial charge in [-0.3, -0.25) is 0 Å². The average Bonchev–Trinajstić information content (AvgIpc) is 2.02. The Bertz CT molecular complexity index is 117. The van der Waals surface area contributed by atoms with Gasteiger partial charge in [-0.2, -0.15) is 0 Å². The molecule has 0 heterocycles. The third-order valence-electron chi connectivity index (χ3n) is 1.59. The lowest BCUT2D eigenvalue weighted by Gasteiger charge is -2.23. The zero-order valence-corrected chi connectivity index (χ0v) is 8.00. The molecule has 74 valence electrons. The summed E-state index contributed by atoms with van der Waals surface area (Å²) in [5, 5.41) is 21.1. The van der Waals surface area contributed by atoms with Crippen LogP contribution in [-0.2, 0) is 4.74 Å². The van der Waals surface area contributed by atoms with E-state index in [0.717, 1.165) is 0 Å². The third kappa shape index (κ3) is 5.49. The fourth-order valence-electron chi connectivity index (χ4n) is 0.759. The molecule has 4 heteroatoms. The van der Waals surface area contributed by atoms with Crippen molar-refractivity contribution in [3.05, 3.63) is 0 Å². The summed E-state index contributed by atoms with van der Waals surface area (Å²) in [6.45, 7) is 4.27. The number of aliphatic hydroxyl groups is 2. The van der Waals surface area contributed by atoms with Gasteiger partial charge in [-0.05, 0) is 13.8 Å². The Balaban J connectivity index is 3.52. The summed E-state index contributed by atoms with van der Waals surface area (Å²) < 4.78 is 4.90. The highest BCUT2D eigenvalue weighted by molar-refractivity contribution is 4.75. The Morgan fingerprint density at radius 1 is 1.58 bits per heavy atom. The molecule has 0 aliphatic rings. The van der Waals surface area contributed by atoms with E-state index in [-0.39, 0.29) is 12.6 Å². The summed E-state index contributed by atoms with van der Waals surface area (Å²) in [7, 11) is 1.63. The quantitative estimate of drug-likeness (QED) is 0.505. The number of ether oxygens (including phenoxy) is 1. The smallest absolute Gasteiger partial charge is 0.0972 e. The zero-order chi connectivity index (χ0) is 9.61. The Kier molecular flexibility index (Phi) is 5.41. The van der Waals surface area contributed by atoms with Gasteiger partial charge >= 0.3 is 0 Å². The monoisotopic (exact) mass is 177 g/mol. The highest BCUT2D eigenvalue weighted by atomic mass is 16.5. The lowest BCUT2D eigenvalue weighted by molar-refractivity contribution is -0.000786. The maximum Gasteiger partial charge on any atom is 0.0972 e.